The van der Waals surface area contributed by atoms with Crippen LogP contribution in [0.4, 0.5) is 0 Å². The normalized spacial score (nSPS) is 10.9. The molecule has 0 amide bonds. The van der Waals surface area contributed by atoms with E-state index in [1.807, 2.05) is 0 Å². The average Bonchev–Trinajstić information content (AvgIpc) is 1.82. The van der Waals surface area contributed by atoms with Gasteiger partial charge in [-0.1, -0.05) is 5.16 Å². The van der Waals surface area contributed by atoms with Gasteiger partial charge in [0.15, 0.2) is 5.78 Å². The Hall–Kier alpha value is -1.19. The van der Waals surface area contributed by atoms with E-state index in [9.17, 15) is 9.59 Å². The molecule has 0 saturated heterocycles. The lowest BCUT2D eigenvalue weighted by Crippen LogP contribution is -2.06. The van der Waals surface area contributed by atoms with Crippen molar-refractivity contribution < 1.29 is 14.4 Å². The number of rotatable bonds is 2. The van der Waals surface area contributed by atoms with Gasteiger partial charge in [-0.05, 0) is 6.92 Å². The highest BCUT2D eigenvalue weighted by Gasteiger charge is 1.98. The lowest BCUT2D eigenvalue weighted by molar-refractivity contribution is -0.140. The van der Waals surface area contributed by atoms with Gasteiger partial charge in [0.2, 0.25) is 0 Å². The second kappa shape index (κ2) is 3.76. The lowest BCUT2D eigenvalue weighted by Gasteiger charge is -1.91. The van der Waals surface area contributed by atoms with Crippen LogP contribution < -0.4 is 0 Å². The third-order valence-electron chi connectivity index (χ3n) is 0.821. The van der Waals surface area contributed by atoms with E-state index in [0.29, 0.717) is 0 Å². The highest BCUT2D eigenvalue weighted by molar-refractivity contribution is 6.37. The lowest BCUT2D eigenvalue weighted by atomic mass is 10.3. The first-order valence-electron chi connectivity index (χ1n) is 2.77. The second-order valence-electron chi connectivity index (χ2n) is 1.82. The number of ketones is 1. The van der Waals surface area contributed by atoms with E-state index >= 15 is 0 Å². The minimum atomic E-state index is -0.527. The van der Waals surface area contributed by atoms with Crippen LogP contribution in [-0.4, -0.2) is 17.5 Å². The molecule has 4 heteroatoms. The van der Waals surface area contributed by atoms with Gasteiger partial charge in [-0.15, -0.1) is 0 Å². The summed E-state index contributed by atoms with van der Waals surface area (Å²) in [5, 5.41) is 3.24. The van der Waals surface area contributed by atoms with Gasteiger partial charge in [0.25, 0.3) is 0 Å². The largest absolute Gasteiger partial charge is 0.331 e. The van der Waals surface area contributed by atoms with Crippen LogP contribution in [-0.2, 0) is 14.4 Å². The molecule has 0 radical (unpaired) electrons. The van der Waals surface area contributed by atoms with Crippen molar-refractivity contribution in [1.82, 2.24) is 0 Å². The van der Waals surface area contributed by atoms with Crippen LogP contribution in [0, 0.1) is 0 Å². The molecule has 0 rings (SSSR count). The average molecular weight is 143 g/mol. The number of hydrogen-bond donors (Lipinski definition) is 0. The van der Waals surface area contributed by atoms with Crippen molar-refractivity contribution in [3.63, 3.8) is 0 Å². The van der Waals surface area contributed by atoms with Crippen LogP contribution in [0.2, 0.25) is 0 Å². The molecule has 4 nitrogen and oxygen atoms in total. The van der Waals surface area contributed by atoms with E-state index in [1.54, 1.807) is 0 Å². The summed E-state index contributed by atoms with van der Waals surface area (Å²) < 4.78 is 0. The topological polar surface area (TPSA) is 55.7 Å². The maximum atomic E-state index is 10.4. The number of hydrogen-bond acceptors (Lipinski definition) is 4. The second-order valence-corrected chi connectivity index (χ2v) is 1.82. The van der Waals surface area contributed by atoms with E-state index in [2.05, 4.69) is 9.99 Å². The molecule has 0 N–H and O–H groups in total. The molecule has 0 spiro atoms. The first-order valence-corrected chi connectivity index (χ1v) is 2.77. The van der Waals surface area contributed by atoms with E-state index < -0.39 is 5.97 Å². The summed E-state index contributed by atoms with van der Waals surface area (Å²) in [6, 6.07) is 0. The molecule has 0 aliphatic rings. The van der Waals surface area contributed by atoms with Crippen LogP contribution in [0.1, 0.15) is 20.8 Å². The molecule has 0 aromatic rings. The Morgan fingerprint density at radius 1 is 1.20 bits per heavy atom. The molecular weight excluding hydrogens is 134 g/mol. The molecule has 0 atom stereocenters. The van der Waals surface area contributed by atoms with Crippen molar-refractivity contribution in [2.24, 2.45) is 5.16 Å². The fraction of sp³-hybridized carbons (Fsp3) is 0.500. The minimum absolute atomic E-state index is 0.190. The molecule has 10 heavy (non-hydrogen) atoms. The fourth-order valence-electron chi connectivity index (χ4n) is 0.197. The zero-order valence-electron chi connectivity index (χ0n) is 6.17. The monoisotopic (exact) mass is 143 g/mol. The predicted octanol–water partition coefficient (Wildman–Crippen LogP) is 0.514. The summed E-state index contributed by atoms with van der Waals surface area (Å²) in [5.74, 6) is -0.734. The Morgan fingerprint density at radius 2 is 1.70 bits per heavy atom. The molecule has 56 valence electrons. The Bertz CT molecular complexity index is 183. The van der Waals surface area contributed by atoms with E-state index in [0.717, 1.165) is 0 Å². The van der Waals surface area contributed by atoms with Gasteiger partial charge < -0.3 is 4.84 Å². The fourth-order valence-corrected chi connectivity index (χ4v) is 0.197. The van der Waals surface area contributed by atoms with Crippen molar-refractivity contribution >= 4 is 17.5 Å². The van der Waals surface area contributed by atoms with Crippen molar-refractivity contribution in [1.29, 1.82) is 0 Å². The van der Waals surface area contributed by atoms with Crippen LogP contribution in [0.3, 0.4) is 0 Å². The molecule has 0 saturated carbocycles. The maximum Gasteiger partial charge on any atom is 0.331 e. The Morgan fingerprint density at radius 3 is 2.00 bits per heavy atom. The third-order valence-corrected chi connectivity index (χ3v) is 0.821. The Balaban J connectivity index is 3.92. The molecule has 0 fully saturated rings. The molecule has 0 aromatic carbocycles. The van der Waals surface area contributed by atoms with Crippen LogP contribution >= 0.6 is 0 Å². The summed E-state index contributed by atoms with van der Waals surface area (Å²) in [5.41, 5.74) is 0.190. The summed E-state index contributed by atoms with van der Waals surface area (Å²) in [6.07, 6.45) is 0. The quantitative estimate of drug-likeness (QED) is 0.321. The predicted molar refractivity (Wildman–Crippen MR) is 35.6 cm³/mol. The van der Waals surface area contributed by atoms with Crippen molar-refractivity contribution in [3.8, 4) is 0 Å². The molecule has 0 heterocycles. The maximum absolute atomic E-state index is 10.4. The van der Waals surface area contributed by atoms with Gasteiger partial charge in [-0.25, -0.2) is 4.79 Å². The van der Waals surface area contributed by atoms with E-state index in [1.165, 1.54) is 20.8 Å². The highest BCUT2D eigenvalue weighted by atomic mass is 16.7. The minimum Gasteiger partial charge on any atom is -0.318 e. The van der Waals surface area contributed by atoms with Gasteiger partial charge in [0.1, 0.15) is 5.71 Å². The molecule has 0 aliphatic heterocycles. The first kappa shape index (κ1) is 8.81. The van der Waals surface area contributed by atoms with Crippen LogP contribution in [0.15, 0.2) is 5.16 Å². The van der Waals surface area contributed by atoms with Gasteiger partial charge in [-0.2, -0.15) is 0 Å². The molecular formula is C6H9NO3. The van der Waals surface area contributed by atoms with Crippen molar-refractivity contribution in [2.75, 3.05) is 0 Å². The zero-order chi connectivity index (χ0) is 8.15. The van der Waals surface area contributed by atoms with Gasteiger partial charge >= 0.3 is 5.97 Å². The Kier molecular flexibility index (Phi) is 3.32. The van der Waals surface area contributed by atoms with Crippen LogP contribution in [0.5, 0.6) is 0 Å². The number of nitrogens with zero attached hydrogens (tertiary/aromatic N) is 1. The molecule has 0 unspecified atom stereocenters. The summed E-state index contributed by atoms with van der Waals surface area (Å²) in [7, 11) is 0. The summed E-state index contributed by atoms with van der Waals surface area (Å²) >= 11 is 0. The number of Topliss-reactive ketones (excluding diaryl/α,β-unsaturated/α-hetero) is 1. The standard InChI is InChI=1S/C6H9NO3/c1-4(5(2)8)7-10-6(3)9/h1-3H3. The molecule has 0 aliphatic carbocycles. The third kappa shape index (κ3) is 3.77. The highest BCUT2D eigenvalue weighted by Crippen LogP contribution is 1.82. The molecule has 0 bridgehead atoms. The number of carbonyl (C=O) groups excluding carboxylic acids is 2. The first-order chi connectivity index (χ1) is 4.54. The molecule has 0 aromatic heterocycles. The Labute approximate surface area is 58.8 Å². The van der Waals surface area contributed by atoms with E-state index in [-0.39, 0.29) is 11.5 Å². The van der Waals surface area contributed by atoms with Crippen molar-refractivity contribution in [2.45, 2.75) is 20.8 Å². The number of carbonyl (C=O) groups is 2. The van der Waals surface area contributed by atoms with E-state index in [4.69, 9.17) is 0 Å². The number of oxime groups is 1. The summed E-state index contributed by atoms with van der Waals surface area (Å²) in [6.45, 7) is 4.05. The zero-order valence-corrected chi connectivity index (χ0v) is 6.17. The SMILES string of the molecule is CC(=O)ON=C(C)C(C)=O. The van der Waals surface area contributed by atoms with Crippen LogP contribution in [0.25, 0.3) is 0 Å². The smallest absolute Gasteiger partial charge is 0.318 e. The van der Waals surface area contributed by atoms with Crippen molar-refractivity contribution in [3.05, 3.63) is 0 Å². The summed E-state index contributed by atoms with van der Waals surface area (Å²) in [4.78, 5) is 24.8. The van der Waals surface area contributed by atoms with Gasteiger partial charge in [0, 0.05) is 13.8 Å². The van der Waals surface area contributed by atoms with Gasteiger partial charge in [0.05, 0.1) is 0 Å². The van der Waals surface area contributed by atoms with Gasteiger partial charge in [-0.3, -0.25) is 4.79 Å².